The van der Waals surface area contributed by atoms with Crippen molar-refractivity contribution < 1.29 is 22.7 Å². The molecule has 8 heteroatoms. The molecule has 2 nitrogen and oxygen atoms in total. The number of aromatic nitrogens is 1. The van der Waals surface area contributed by atoms with Gasteiger partial charge in [-0.05, 0) is 11.6 Å². The van der Waals surface area contributed by atoms with E-state index in [2.05, 4.69) is 4.98 Å². The largest absolute Gasteiger partial charge is 0.443 e. The molecule has 0 aliphatic rings. The van der Waals surface area contributed by atoms with Crippen molar-refractivity contribution >= 4 is 22.9 Å². The van der Waals surface area contributed by atoms with Crippen molar-refractivity contribution in [1.29, 1.82) is 0 Å². The van der Waals surface area contributed by atoms with E-state index in [0.717, 1.165) is 6.20 Å². The average Bonchev–Trinajstić information content (AvgIpc) is 2.84. The van der Waals surface area contributed by atoms with Gasteiger partial charge < -0.3 is 5.11 Å². The predicted molar refractivity (Wildman–Crippen MR) is 67.2 cm³/mol. The number of aliphatic hydroxyl groups excluding tert-OH is 1. The molecule has 2 aromatic rings. The van der Waals surface area contributed by atoms with Gasteiger partial charge in [-0.2, -0.15) is 13.2 Å². The fourth-order valence-electron chi connectivity index (χ4n) is 1.59. The van der Waals surface area contributed by atoms with Gasteiger partial charge in [-0.3, -0.25) is 0 Å². The second-order valence-corrected chi connectivity index (χ2v) is 5.47. The Morgan fingerprint density at radius 1 is 1.35 bits per heavy atom. The molecule has 1 heterocycles. The molecule has 1 unspecified atom stereocenters. The van der Waals surface area contributed by atoms with E-state index in [-0.39, 0.29) is 21.9 Å². The molecular weight excluding hydrogens is 318 g/mol. The van der Waals surface area contributed by atoms with Crippen molar-refractivity contribution in [2.75, 3.05) is 0 Å². The van der Waals surface area contributed by atoms with Gasteiger partial charge in [0, 0.05) is 12.6 Å². The van der Waals surface area contributed by atoms with E-state index in [4.69, 9.17) is 11.6 Å². The van der Waals surface area contributed by atoms with Gasteiger partial charge >= 0.3 is 6.18 Å². The van der Waals surface area contributed by atoms with Crippen LogP contribution in [0.15, 0.2) is 24.4 Å². The van der Waals surface area contributed by atoms with Crippen LogP contribution in [0.1, 0.15) is 21.6 Å². The Morgan fingerprint density at radius 2 is 2.05 bits per heavy atom. The molecule has 0 spiro atoms. The van der Waals surface area contributed by atoms with Gasteiger partial charge in [0.15, 0.2) is 5.01 Å². The minimum Gasteiger partial charge on any atom is -0.387 e. The molecule has 0 saturated carbocycles. The summed E-state index contributed by atoms with van der Waals surface area (Å²) >= 11 is 5.93. The van der Waals surface area contributed by atoms with Crippen molar-refractivity contribution in [3.05, 3.63) is 50.7 Å². The number of thiazole rings is 1. The SMILES string of the molecule is OC(Cc1cccc(Cl)c1F)c1cnc(C(F)(F)F)s1. The first kappa shape index (κ1) is 15.2. The lowest BCUT2D eigenvalue weighted by molar-refractivity contribution is -0.137. The number of hydrogen-bond acceptors (Lipinski definition) is 3. The number of benzene rings is 1. The molecule has 0 aliphatic carbocycles. The van der Waals surface area contributed by atoms with Crippen molar-refractivity contribution in [3.63, 3.8) is 0 Å². The standard InChI is InChI=1S/C12H8ClF4NOS/c13-7-3-1-2-6(10(7)14)4-8(19)9-5-18-11(20-9)12(15,16)17/h1-3,5,8,19H,4H2. The van der Waals surface area contributed by atoms with E-state index in [1.807, 2.05) is 0 Å². The molecule has 20 heavy (non-hydrogen) atoms. The van der Waals surface area contributed by atoms with Crippen LogP contribution in [-0.4, -0.2) is 10.1 Å². The molecule has 0 bridgehead atoms. The van der Waals surface area contributed by atoms with E-state index in [1.165, 1.54) is 18.2 Å². The molecule has 0 amide bonds. The highest BCUT2D eigenvalue weighted by molar-refractivity contribution is 7.11. The van der Waals surface area contributed by atoms with E-state index in [0.29, 0.717) is 11.3 Å². The molecule has 0 radical (unpaired) electrons. The zero-order chi connectivity index (χ0) is 14.9. The highest BCUT2D eigenvalue weighted by Crippen LogP contribution is 2.35. The quantitative estimate of drug-likeness (QED) is 0.857. The predicted octanol–water partition coefficient (Wildman–Crippen LogP) is 4.23. The first-order valence-electron chi connectivity index (χ1n) is 5.43. The summed E-state index contributed by atoms with van der Waals surface area (Å²) < 4.78 is 50.8. The maximum atomic E-state index is 13.6. The Hall–Kier alpha value is -1.18. The monoisotopic (exact) mass is 325 g/mol. The minimum atomic E-state index is -4.55. The van der Waals surface area contributed by atoms with Crippen LogP contribution in [-0.2, 0) is 12.6 Å². The first-order chi connectivity index (χ1) is 9.29. The van der Waals surface area contributed by atoms with E-state index < -0.39 is 23.1 Å². The first-order valence-corrected chi connectivity index (χ1v) is 6.62. The average molecular weight is 326 g/mol. The van der Waals surface area contributed by atoms with Crippen LogP contribution in [0, 0.1) is 5.82 Å². The number of nitrogens with zero attached hydrogens (tertiary/aromatic N) is 1. The van der Waals surface area contributed by atoms with Crippen LogP contribution in [0.5, 0.6) is 0 Å². The van der Waals surface area contributed by atoms with Crippen LogP contribution in [0.25, 0.3) is 0 Å². The molecule has 0 saturated heterocycles. The lowest BCUT2D eigenvalue weighted by Gasteiger charge is -2.09. The summed E-state index contributed by atoms with van der Waals surface area (Å²) in [7, 11) is 0. The zero-order valence-corrected chi connectivity index (χ0v) is 11.4. The summed E-state index contributed by atoms with van der Waals surface area (Å²) in [5, 5.41) is 8.72. The number of aliphatic hydroxyl groups is 1. The number of halogens is 5. The van der Waals surface area contributed by atoms with Crippen LogP contribution in [0.3, 0.4) is 0 Å². The van der Waals surface area contributed by atoms with Crippen LogP contribution >= 0.6 is 22.9 Å². The Labute approximate surface area is 120 Å². The Kier molecular flexibility index (Phi) is 4.31. The van der Waals surface area contributed by atoms with Gasteiger partial charge in [-0.1, -0.05) is 23.7 Å². The van der Waals surface area contributed by atoms with Crippen molar-refractivity contribution in [1.82, 2.24) is 4.98 Å². The Bertz CT molecular complexity index is 614. The minimum absolute atomic E-state index is 0.0247. The zero-order valence-electron chi connectivity index (χ0n) is 9.79. The highest BCUT2D eigenvalue weighted by atomic mass is 35.5. The maximum absolute atomic E-state index is 13.6. The number of alkyl halides is 3. The molecule has 1 N–H and O–H groups in total. The molecule has 0 fully saturated rings. The molecular formula is C12H8ClF4NOS. The summed E-state index contributed by atoms with van der Waals surface area (Å²) in [6, 6.07) is 4.26. The summed E-state index contributed by atoms with van der Waals surface area (Å²) in [5.41, 5.74) is 0.131. The Morgan fingerprint density at radius 3 is 2.65 bits per heavy atom. The van der Waals surface area contributed by atoms with Crippen molar-refractivity contribution in [3.8, 4) is 0 Å². The van der Waals surface area contributed by atoms with Crippen molar-refractivity contribution in [2.24, 2.45) is 0 Å². The number of rotatable bonds is 3. The molecule has 1 aromatic heterocycles. The topological polar surface area (TPSA) is 33.1 Å². The third kappa shape index (κ3) is 3.28. The molecule has 1 aromatic carbocycles. The summed E-state index contributed by atoms with van der Waals surface area (Å²) in [6.07, 6.45) is -5.05. The second kappa shape index (κ2) is 5.67. The normalized spacial score (nSPS) is 13.5. The fourth-order valence-corrected chi connectivity index (χ4v) is 2.55. The third-order valence-corrected chi connectivity index (χ3v) is 3.97. The van der Waals surface area contributed by atoms with Crippen LogP contribution in [0.4, 0.5) is 17.6 Å². The van der Waals surface area contributed by atoms with E-state index in [1.54, 1.807) is 0 Å². The van der Waals surface area contributed by atoms with Crippen molar-refractivity contribution in [2.45, 2.75) is 18.7 Å². The van der Waals surface area contributed by atoms with Gasteiger partial charge in [0.1, 0.15) is 5.82 Å². The van der Waals surface area contributed by atoms with Gasteiger partial charge in [-0.15, -0.1) is 11.3 Å². The van der Waals surface area contributed by atoms with E-state index >= 15 is 0 Å². The number of hydrogen-bond donors (Lipinski definition) is 1. The second-order valence-electron chi connectivity index (χ2n) is 4.00. The maximum Gasteiger partial charge on any atom is 0.443 e. The van der Waals surface area contributed by atoms with E-state index in [9.17, 15) is 22.7 Å². The van der Waals surface area contributed by atoms with Crippen LogP contribution in [0.2, 0.25) is 5.02 Å². The molecule has 108 valence electrons. The third-order valence-electron chi connectivity index (χ3n) is 2.54. The molecule has 1 atom stereocenters. The van der Waals surface area contributed by atoms with Gasteiger partial charge in [0.2, 0.25) is 0 Å². The summed E-state index contributed by atoms with van der Waals surface area (Å²) in [6.45, 7) is 0. The molecule has 2 rings (SSSR count). The lowest BCUT2D eigenvalue weighted by atomic mass is 10.1. The fraction of sp³-hybridized carbons (Fsp3) is 0.250. The van der Waals surface area contributed by atoms with Crippen LogP contribution < -0.4 is 0 Å². The van der Waals surface area contributed by atoms with Gasteiger partial charge in [0.05, 0.1) is 16.0 Å². The Balaban J connectivity index is 2.18. The smallest absolute Gasteiger partial charge is 0.387 e. The van der Waals surface area contributed by atoms with Gasteiger partial charge in [-0.25, -0.2) is 9.37 Å². The summed E-state index contributed by atoms with van der Waals surface area (Å²) in [4.78, 5) is 3.23. The summed E-state index contributed by atoms with van der Waals surface area (Å²) in [5.74, 6) is -0.686. The molecule has 0 aliphatic heterocycles. The highest BCUT2D eigenvalue weighted by Gasteiger charge is 2.35. The van der Waals surface area contributed by atoms with Gasteiger partial charge in [0.25, 0.3) is 0 Å². The lowest BCUT2D eigenvalue weighted by Crippen LogP contribution is -2.03.